The number of carbonyl (C=O) groups excluding carboxylic acids is 2. The fourth-order valence-corrected chi connectivity index (χ4v) is 5.75. The molecule has 1 fully saturated rings. The number of thioether (sulfide) groups is 1. The van der Waals surface area contributed by atoms with Gasteiger partial charge in [0.2, 0.25) is 0 Å². The Kier molecular flexibility index (Phi) is 7.33. The molecule has 1 heterocycles. The molecule has 0 aromatic heterocycles. The van der Waals surface area contributed by atoms with E-state index in [4.69, 9.17) is 4.74 Å². The van der Waals surface area contributed by atoms with E-state index in [1.807, 2.05) is 26.0 Å². The number of sulfone groups is 1. The summed E-state index contributed by atoms with van der Waals surface area (Å²) in [5, 5.41) is 0. The maximum Gasteiger partial charge on any atom is 0.317 e. The van der Waals surface area contributed by atoms with Crippen molar-refractivity contribution in [3.05, 3.63) is 29.3 Å². The number of ether oxygens (including phenoxy) is 1. The van der Waals surface area contributed by atoms with Crippen LogP contribution in [0.3, 0.4) is 0 Å². The first-order valence-electron chi connectivity index (χ1n) is 9.03. The van der Waals surface area contributed by atoms with Gasteiger partial charge in [-0.2, -0.15) is 0 Å². The number of carbonyl (C=O) groups is 2. The van der Waals surface area contributed by atoms with E-state index in [9.17, 15) is 18.0 Å². The summed E-state index contributed by atoms with van der Waals surface area (Å²) in [6.07, 6.45) is -0.494. The molecule has 1 aliphatic rings. The Bertz CT molecular complexity index is 806. The van der Waals surface area contributed by atoms with Gasteiger partial charge in [-0.1, -0.05) is 17.7 Å². The molecule has 1 aromatic carbocycles. The van der Waals surface area contributed by atoms with E-state index in [1.54, 1.807) is 6.92 Å². The minimum Gasteiger partial charge on any atom is -0.452 e. The molecule has 0 bridgehead atoms. The second-order valence-corrected chi connectivity index (χ2v) is 10.1. The molecule has 6 nitrogen and oxygen atoms in total. The first kappa shape index (κ1) is 21.8. The van der Waals surface area contributed by atoms with E-state index in [0.29, 0.717) is 13.0 Å². The molecule has 0 spiro atoms. The van der Waals surface area contributed by atoms with Crippen LogP contribution in [0.4, 0.5) is 0 Å². The number of hydrogen-bond acceptors (Lipinski definition) is 6. The van der Waals surface area contributed by atoms with Crippen molar-refractivity contribution >= 4 is 33.5 Å². The highest BCUT2D eigenvalue weighted by Gasteiger charge is 2.36. The SMILES string of the molecule is CCN(C(=O)[C@H](C)OC(=O)CSc1ccc(C)cc1C)[C@@H]1CCS(=O)(=O)C1. The largest absolute Gasteiger partial charge is 0.452 e. The summed E-state index contributed by atoms with van der Waals surface area (Å²) in [4.78, 5) is 27.3. The standard InChI is InChI=1S/C19H27NO5S2/c1-5-20(16-8-9-27(23,24)12-16)19(22)15(4)25-18(21)11-26-17-7-6-13(2)10-14(17)3/h6-7,10,15-16H,5,8-9,11-12H2,1-4H3/t15-,16+/m0/s1. The van der Waals surface area contributed by atoms with Crippen molar-refractivity contribution in [1.29, 1.82) is 0 Å². The topological polar surface area (TPSA) is 80.8 Å². The highest BCUT2D eigenvalue weighted by molar-refractivity contribution is 8.00. The van der Waals surface area contributed by atoms with E-state index in [0.717, 1.165) is 16.0 Å². The Morgan fingerprint density at radius 3 is 2.59 bits per heavy atom. The van der Waals surface area contributed by atoms with E-state index in [2.05, 4.69) is 6.07 Å². The fourth-order valence-electron chi connectivity index (χ4n) is 3.23. The van der Waals surface area contributed by atoms with Gasteiger partial charge in [-0.05, 0) is 45.7 Å². The van der Waals surface area contributed by atoms with Crippen LogP contribution in [0.2, 0.25) is 0 Å². The quantitative estimate of drug-likeness (QED) is 0.504. The van der Waals surface area contributed by atoms with Crippen LogP contribution in [0.15, 0.2) is 23.1 Å². The van der Waals surface area contributed by atoms with Gasteiger partial charge in [-0.3, -0.25) is 9.59 Å². The lowest BCUT2D eigenvalue weighted by molar-refractivity contribution is -0.157. The summed E-state index contributed by atoms with van der Waals surface area (Å²) >= 11 is 1.38. The van der Waals surface area contributed by atoms with Crippen LogP contribution in [-0.2, 0) is 24.2 Å². The lowest BCUT2D eigenvalue weighted by Gasteiger charge is -2.29. The zero-order valence-electron chi connectivity index (χ0n) is 16.2. The number of nitrogens with zero attached hydrogens (tertiary/aromatic N) is 1. The Labute approximate surface area is 165 Å². The summed E-state index contributed by atoms with van der Waals surface area (Å²) in [5.74, 6) is -0.607. The smallest absolute Gasteiger partial charge is 0.317 e. The Hall–Kier alpha value is -1.54. The first-order chi connectivity index (χ1) is 12.6. The molecule has 1 aromatic rings. The number of likely N-dealkylation sites (N-methyl/N-ethyl adjacent to an activating group) is 1. The molecule has 150 valence electrons. The van der Waals surface area contributed by atoms with Gasteiger partial charge in [0.05, 0.1) is 17.3 Å². The molecule has 0 radical (unpaired) electrons. The van der Waals surface area contributed by atoms with Crippen LogP contribution in [-0.4, -0.2) is 61.1 Å². The summed E-state index contributed by atoms with van der Waals surface area (Å²) in [6, 6.07) is 5.67. The molecular weight excluding hydrogens is 386 g/mol. The number of benzene rings is 1. The van der Waals surface area contributed by atoms with Gasteiger partial charge in [0, 0.05) is 17.5 Å². The highest BCUT2D eigenvalue weighted by atomic mass is 32.2. The zero-order chi connectivity index (χ0) is 20.2. The maximum absolute atomic E-state index is 12.6. The Balaban J connectivity index is 1.89. The number of rotatable bonds is 7. The average molecular weight is 414 g/mol. The van der Waals surface area contributed by atoms with Gasteiger partial charge < -0.3 is 9.64 Å². The van der Waals surface area contributed by atoms with Crippen molar-refractivity contribution in [2.45, 2.75) is 51.2 Å². The minimum atomic E-state index is -3.08. The predicted octanol–water partition coefficient (Wildman–Crippen LogP) is 2.36. The molecule has 0 saturated carbocycles. The van der Waals surface area contributed by atoms with Crippen molar-refractivity contribution in [3.63, 3.8) is 0 Å². The third-order valence-corrected chi connectivity index (χ3v) is 7.50. The molecule has 0 unspecified atom stereocenters. The second-order valence-electron chi connectivity index (χ2n) is 6.87. The summed E-state index contributed by atoms with van der Waals surface area (Å²) < 4.78 is 28.6. The third-order valence-electron chi connectivity index (χ3n) is 4.60. The van der Waals surface area contributed by atoms with Crippen molar-refractivity contribution in [1.82, 2.24) is 4.90 Å². The summed E-state index contributed by atoms with van der Waals surface area (Å²) in [6.45, 7) is 7.72. The van der Waals surface area contributed by atoms with Crippen LogP contribution in [0.1, 0.15) is 31.4 Å². The lowest BCUT2D eigenvalue weighted by Crippen LogP contribution is -2.46. The molecule has 0 N–H and O–H groups in total. The molecule has 1 saturated heterocycles. The fraction of sp³-hybridized carbons (Fsp3) is 0.579. The van der Waals surface area contributed by atoms with E-state index < -0.39 is 21.9 Å². The van der Waals surface area contributed by atoms with Gasteiger partial charge in [-0.25, -0.2) is 8.42 Å². The third kappa shape index (κ3) is 5.97. The van der Waals surface area contributed by atoms with Crippen LogP contribution >= 0.6 is 11.8 Å². The summed E-state index contributed by atoms with van der Waals surface area (Å²) in [5.41, 5.74) is 2.25. The molecule has 1 aliphatic heterocycles. The molecule has 27 heavy (non-hydrogen) atoms. The van der Waals surface area contributed by atoms with Crippen molar-refractivity contribution in [2.24, 2.45) is 0 Å². The average Bonchev–Trinajstić information content (AvgIpc) is 2.94. The van der Waals surface area contributed by atoms with Gasteiger partial charge in [0.15, 0.2) is 15.9 Å². The lowest BCUT2D eigenvalue weighted by atomic mass is 10.2. The molecule has 2 atom stereocenters. The van der Waals surface area contributed by atoms with Gasteiger partial charge >= 0.3 is 5.97 Å². The molecule has 1 amide bonds. The maximum atomic E-state index is 12.6. The van der Waals surface area contributed by atoms with E-state index >= 15 is 0 Å². The second kappa shape index (κ2) is 9.10. The summed E-state index contributed by atoms with van der Waals surface area (Å²) in [7, 11) is -3.08. The van der Waals surface area contributed by atoms with Crippen LogP contribution < -0.4 is 0 Å². The van der Waals surface area contributed by atoms with Crippen molar-refractivity contribution in [3.8, 4) is 0 Å². The molecule has 0 aliphatic carbocycles. The predicted molar refractivity (Wildman–Crippen MR) is 107 cm³/mol. The first-order valence-corrected chi connectivity index (χ1v) is 11.8. The zero-order valence-corrected chi connectivity index (χ0v) is 17.9. The Morgan fingerprint density at radius 2 is 2.04 bits per heavy atom. The molecular formula is C19H27NO5S2. The monoisotopic (exact) mass is 413 g/mol. The van der Waals surface area contributed by atoms with Crippen LogP contribution in [0.5, 0.6) is 0 Å². The van der Waals surface area contributed by atoms with Crippen LogP contribution in [0, 0.1) is 13.8 Å². The van der Waals surface area contributed by atoms with Gasteiger partial charge in [0.25, 0.3) is 5.91 Å². The molecule has 2 rings (SSSR count). The van der Waals surface area contributed by atoms with Crippen molar-refractivity contribution in [2.75, 3.05) is 23.8 Å². The van der Waals surface area contributed by atoms with E-state index in [1.165, 1.54) is 23.6 Å². The van der Waals surface area contributed by atoms with Gasteiger partial charge in [0.1, 0.15) is 0 Å². The number of esters is 1. The van der Waals surface area contributed by atoms with Crippen molar-refractivity contribution < 1.29 is 22.7 Å². The molecule has 8 heteroatoms. The minimum absolute atomic E-state index is 0.0181. The van der Waals surface area contributed by atoms with E-state index in [-0.39, 0.29) is 29.2 Å². The highest BCUT2D eigenvalue weighted by Crippen LogP contribution is 2.24. The number of hydrogen-bond donors (Lipinski definition) is 0. The Morgan fingerprint density at radius 1 is 1.33 bits per heavy atom. The normalized spacial score (nSPS) is 19.5. The number of amides is 1. The number of aryl methyl sites for hydroxylation is 2. The van der Waals surface area contributed by atoms with Crippen LogP contribution in [0.25, 0.3) is 0 Å². The van der Waals surface area contributed by atoms with Gasteiger partial charge in [-0.15, -0.1) is 11.8 Å².